The molecule has 2 heterocycles. The Morgan fingerprint density at radius 1 is 1.39 bits per heavy atom. The summed E-state index contributed by atoms with van der Waals surface area (Å²) in [6.45, 7) is 6.37. The number of carbonyl (C=O) groups is 2. The van der Waals surface area contributed by atoms with Gasteiger partial charge in [0.1, 0.15) is 6.04 Å². The molecule has 1 N–H and O–H groups in total. The molecule has 1 aromatic rings. The van der Waals surface area contributed by atoms with Gasteiger partial charge in [0.2, 0.25) is 11.8 Å². The van der Waals surface area contributed by atoms with Crippen molar-refractivity contribution in [3.8, 4) is 0 Å². The van der Waals surface area contributed by atoms with Crippen molar-refractivity contribution in [3.63, 3.8) is 0 Å². The van der Waals surface area contributed by atoms with Crippen LogP contribution in [0.4, 0.5) is 5.69 Å². The molecular formula is C17H28N4O2. The number of likely N-dealkylation sites (N-methyl/N-ethyl adjacent to an activating group) is 1. The van der Waals surface area contributed by atoms with Crippen molar-refractivity contribution in [2.45, 2.75) is 71.4 Å². The number of amides is 2. The Kier molecular flexibility index (Phi) is 5.80. The third kappa shape index (κ3) is 3.57. The van der Waals surface area contributed by atoms with E-state index in [4.69, 9.17) is 0 Å². The van der Waals surface area contributed by atoms with Crippen LogP contribution >= 0.6 is 0 Å². The van der Waals surface area contributed by atoms with E-state index in [9.17, 15) is 9.59 Å². The first-order valence-electron chi connectivity index (χ1n) is 8.66. The Morgan fingerprint density at radius 3 is 2.70 bits per heavy atom. The van der Waals surface area contributed by atoms with Crippen molar-refractivity contribution in [1.29, 1.82) is 0 Å². The van der Waals surface area contributed by atoms with Crippen LogP contribution in [0.3, 0.4) is 0 Å². The maximum Gasteiger partial charge on any atom is 0.247 e. The van der Waals surface area contributed by atoms with Crippen molar-refractivity contribution < 1.29 is 9.59 Å². The summed E-state index contributed by atoms with van der Waals surface area (Å²) in [5.41, 5.74) is 1.83. The van der Waals surface area contributed by atoms with Crippen LogP contribution in [-0.4, -0.2) is 39.6 Å². The number of carbonyl (C=O) groups excluding carboxylic acids is 2. The Bertz CT molecular complexity index is 563. The molecule has 0 aromatic carbocycles. The van der Waals surface area contributed by atoms with E-state index < -0.39 is 0 Å². The van der Waals surface area contributed by atoms with Gasteiger partial charge in [-0.05, 0) is 32.1 Å². The molecule has 128 valence electrons. The average Bonchev–Trinajstić information content (AvgIpc) is 2.93. The monoisotopic (exact) mass is 320 g/mol. The molecule has 6 heteroatoms. The van der Waals surface area contributed by atoms with Crippen LogP contribution in [0.2, 0.25) is 0 Å². The zero-order valence-electron chi connectivity index (χ0n) is 14.6. The van der Waals surface area contributed by atoms with Crippen molar-refractivity contribution in [3.05, 3.63) is 11.9 Å². The van der Waals surface area contributed by atoms with Crippen LogP contribution < -0.4 is 5.32 Å². The molecule has 1 unspecified atom stereocenters. The van der Waals surface area contributed by atoms with E-state index in [2.05, 4.69) is 31.2 Å². The summed E-state index contributed by atoms with van der Waals surface area (Å²) in [7, 11) is 1.71. The normalized spacial score (nSPS) is 18.6. The van der Waals surface area contributed by atoms with E-state index in [1.165, 1.54) is 0 Å². The van der Waals surface area contributed by atoms with E-state index >= 15 is 0 Å². The van der Waals surface area contributed by atoms with Crippen LogP contribution in [0.15, 0.2) is 6.20 Å². The van der Waals surface area contributed by atoms with Gasteiger partial charge in [0.05, 0.1) is 23.6 Å². The van der Waals surface area contributed by atoms with Crippen molar-refractivity contribution in [1.82, 2.24) is 14.7 Å². The molecule has 23 heavy (non-hydrogen) atoms. The summed E-state index contributed by atoms with van der Waals surface area (Å²) in [5.74, 6) is -0.0702. The number of anilines is 1. The van der Waals surface area contributed by atoms with Crippen LogP contribution in [0.1, 0.15) is 64.6 Å². The van der Waals surface area contributed by atoms with Gasteiger partial charge in [0, 0.05) is 13.5 Å². The van der Waals surface area contributed by atoms with Crippen molar-refractivity contribution in [2.24, 2.45) is 0 Å². The molecule has 0 aliphatic carbocycles. The molecule has 0 spiro atoms. The molecule has 2 amide bonds. The highest BCUT2D eigenvalue weighted by Crippen LogP contribution is 2.25. The lowest BCUT2D eigenvalue weighted by Gasteiger charge is -2.31. The standard InChI is InChI=1S/C17H28N4O2/c1-5-12(6-2)21-14(7-3)13(11-18-21)19-17(23)15-9-8-10-16(22)20(15)4/h11-12,15H,5-10H2,1-4H3,(H,19,23). The molecular weight excluding hydrogens is 292 g/mol. The first-order valence-corrected chi connectivity index (χ1v) is 8.66. The van der Waals surface area contributed by atoms with Crippen LogP contribution in [0.5, 0.6) is 0 Å². The number of hydrogen-bond acceptors (Lipinski definition) is 3. The number of piperidine rings is 1. The molecule has 1 atom stereocenters. The van der Waals surface area contributed by atoms with E-state index in [0.29, 0.717) is 12.5 Å². The summed E-state index contributed by atoms with van der Waals surface area (Å²) < 4.78 is 2.03. The Labute approximate surface area is 138 Å². The number of aromatic nitrogens is 2. The highest BCUT2D eigenvalue weighted by atomic mass is 16.2. The Balaban J connectivity index is 2.16. The molecule has 0 radical (unpaired) electrons. The maximum absolute atomic E-state index is 12.6. The molecule has 1 aliphatic heterocycles. The number of rotatable bonds is 6. The average molecular weight is 320 g/mol. The lowest BCUT2D eigenvalue weighted by molar-refractivity contribution is -0.140. The SMILES string of the molecule is CCc1c(NC(=O)C2CCCC(=O)N2C)cnn1C(CC)CC. The summed E-state index contributed by atoms with van der Waals surface area (Å²) >= 11 is 0. The molecule has 0 bridgehead atoms. The molecule has 1 saturated heterocycles. The fourth-order valence-corrected chi connectivity index (χ4v) is 3.31. The topological polar surface area (TPSA) is 67.2 Å². The number of likely N-dealkylation sites (tertiary alicyclic amines) is 1. The van der Waals surface area contributed by atoms with Gasteiger partial charge in [-0.3, -0.25) is 14.3 Å². The van der Waals surface area contributed by atoms with Gasteiger partial charge in [-0.2, -0.15) is 5.10 Å². The van der Waals surface area contributed by atoms with Crippen LogP contribution in [0, 0.1) is 0 Å². The summed E-state index contributed by atoms with van der Waals surface area (Å²) in [4.78, 5) is 25.9. The highest BCUT2D eigenvalue weighted by molar-refractivity contribution is 5.98. The zero-order chi connectivity index (χ0) is 17.0. The number of nitrogens with zero attached hydrogens (tertiary/aromatic N) is 3. The van der Waals surface area contributed by atoms with Crippen LogP contribution in [0.25, 0.3) is 0 Å². The van der Waals surface area contributed by atoms with E-state index in [1.54, 1.807) is 18.1 Å². The second kappa shape index (κ2) is 7.62. The summed E-state index contributed by atoms with van der Waals surface area (Å²) in [6.07, 6.45) is 6.60. The summed E-state index contributed by atoms with van der Waals surface area (Å²) in [6, 6.07) is -0.0213. The van der Waals surface area contributed by atoms with E-state index in [1.807, 2.05) is 4.68 Å². The Hall–Kier alpha value is -1.85. The van der Waals surface area contributed by atoms with Gasteiger partial charge >= 0.3 is 0 Å². The second-order valence-corrected chi connectivity index (χ2v) is 6.18. The predicted octanol–water partition coefficient (Wildman–Crippen LogP) is 2.76. The largest absolute Gasteiger partial charge is 0.334 e. The molecule has 1 aliphatic rings. The zero-order valence-corrected chi connectivity index (χ0v) is 14.6. The van der Waals surface area contributed by atoms with Gasteiger partial charge in [0.15, 0.2) is 0 Å². The van der Waals surface area contributed by atoms with Gasteiger partial charge in [-0.15, -0.1) is 0 Å². The lowest BCUT2D eigenvalue weighted by atomic mass is 10.0. The third-order valence-electron chi connectivity index (χ3n) is 4.81. The molecule has 1 fully saturated rings. The van der Waals surface area contributed by atoms with Gasteiger partial charge in [-0.1, -0.05) is 20.8 Å². The highest BCUT2D eigenvalue weighted by Gasteiger charge is 2.31. The first kappa shape index (κ1) is 17.5. The van der Waals surface area contributed by atoms with Crippen LogP contribution in [-0.2, 0) is 16.0 Å². The first-order chi connectivity index (χ1) is 11.0. The smallest absolute Gasteiger partial charge is 0.247 e. The molecule has 1 aromatic heterocycles. The fourth-order valence-electron chi connectivity index (χ4n) is 3.31. The molecule has 0 saturated carbocycles. The second-order valence-electron chi connectivity index (χ2n) is 6.18. The van der Waals surface area contributed by atoms with Gasteiger partial charge < -0.3 is 10.2 Å². The Morgan fingerprint density at radius 2 is 2.09 bits per heavy atom. The predicted molar refractivity (Wildman–Crippen MR) is 90.3 cm³/mol. The minimum absolute atomic E-state index is 0.0415. The maximum atomic E-state index is 12.6. The van der Waals surface area contributed by atoms with E-state index in [-0.39, 0.29) is 17.9 Å². The lowest BCUT2D eigenvalue weighted by Crippen LogP contribution is -2.47. The van der Waals surface area contributed by atoms with E-state index in [0.717, 1.165) is 43.5 Å². The fraction of sp³-hybridized carbons (Fsp3) is 0.706. The van der Waals surface area contributed by atoms with Crippen molar-refractivity contribution in [2.75, 3.05) is 12.4 Å². The third-order valence-corrected chi connectivity index (χ3v) is 4.81. The summed E-state index contributed by atoms with van der Waals surface area (Å²) in [5, 5.41) is 7.47. The van der Waals surface area contributed by atoms with Gasteiger partial charge in [-0.25, -0.2) is 0 Å². The molecule has 2 rings (SSSR count). The number of hydrogen-bond donors (Lipinski definition) is 1. The minimum atomic E-state index is -0.377. The number of nitrogens with one attached hydrogen (secondary N) is 1. The quantitative estimate of drug-likeness (QED) is 0.876. The van der Waals surface area contributed by atoms with Crippen molar-refractivity contribution >= 4 is 17.5 Å². The minimum Gasteiger partial charge on any atom is -0.334 e. The van der Waals surface area contributed by atoms with Gasteiger partial charge in [0.25, 0.3) is 0 Å². The molecule has 6 nitrogen and oxygen atoms in total.